The summed E-state index contributed by atoms with van der Waals surface area (Å²) in [6, 6.07) is 11.3. The van der Waals surface area contributed by atoms with E-state index in [-0.39, 0.29) is 5.56 Å². The van der Waals surface area contributed by atoms with Crippen LogP contribution in [0.2, 0.25) is 5.02 Å². The molecule has 5 nitrogen and oxygen atoms in total. The summed E-state index contributed by atoms with van der Waals surface area (Å²) >= 11 is 9.00. The van der Waals surface area contributed by atoms with Crippen molar-refractivity contribution in [2.75, 3.05) is 0 Å². The summed E-state index contributed by atoms with van der Waals surface area (Å²) in [6.07, 6.45) is 3.14. The van der Waals surface area contributed by atoms with Crippen molar-refractivity contribution < 1.29 is 4.42 Å². The molecule has 0 N–H and O–H groups in total. The highest BCUT2D eigenvalue weighted by Crippen LogP contribution is 2.31. The van der Waals surface area contributed by atoms with Gasteiger partial charge >= 0.3 is 0 Å². The zero-order valence-corrected chi connectivity index (χ0v) is 16.7. The Morgan fingerprint density at radius 2 is 2.00 bits per heavy atom. The Hall–Kier alpha value is -2.74. The summed E-state index contributed by atoms with van der Waals surface area (Å²) < 4.78 is 7.11. The molecule has 0 fully saturated rings. The Bertz CT molecular complexity index is 1320. The van der Waals surface area contributed by atoms with Gasteiger partial charge in [-0.25, -0.2) is 9.97 Å². The molecule has 0 aliphatic rings. The van der Waals surface area contributed by atoms with Crippen molar-refractivity contribution in [3.05, 3.63) is 80.8 Å². The quantitative estimate of drug-likeness (QED) is 0.379. The molecule has 0 radical (unpaired) electrons. The molecule has 138 valence electrons. The highest BCUT2D eigenvalue weighted by molar-refractivity contribution is 7.17. The Kier molecular flexibility index (Phi) is 4.35. The van der Waals surface area contributed by atoms with Crippen LogP contribution < -0.4 is 5.56 Å². The van der Waals surface area contributed by atoms with E-state index in [2.05, 4.69) is 9.97 Å². The minimum Gasteiger partial charge on any atom is -0.443 e. The number of rotatable bonds is 4. The molecule has 0 amide bonds. The number of fused-ring (bicyclic) bond motifs is 1. The predicted molar refractivity (Wildman–Crippen MR) is 113 cm³/mol. The highest BCUT2D eigenvalue weighted by Gasteiger charge is 2.15. The van der Waals surface area contributed by atoms with Gasteiger partial charge in [-0.05, 0) is 29.1 Å². The maximum absolute atomic E-state index is 13.1. The van der Waals surface area contributed by atoms with Gasteiger partial charge in [0.05, 0.1) is 28.8 Å². The first kappa shape index (κ1) is 17.4. The fourth-order valence-corrected chi connectivity index (χ4v) is 4.68. The van der Waals surface area contributed by atoms with Crippen molar-refractivity contribution in [1.82, 2.24) is 14.5 Å². The van der Waals surface area contributed by atoms with Gasteiger partial charge in [0.2, 0.25) is 5.89 Å². The second-order valence-electron chi connectivity index (χ2n) is 6.14. The molecule has 0 atom stereocenters. The lowest BCUT2D eigenvalue weighted by atomic mass is 10.1. The molecule has 0 spiro atoms. The van der Waals surface area contributed by atoms with Gasteiger partial charge in [0, 0.05) is 16.0 Å². The molecule has 0 saturated carbocycles. The van der Waals surface area contributed by atoms with E-state index in [4.69, 9.17) is 16.0 Å². The second kappa shape index (κ2) is 7.01. The van der Waals surface area contributed by atoms with E-state index < -0.39 is 0 Å². The minimum absolute atomic E-state index is 0.100. The summed E-state index contributed by atoms with van der Waals surface area (Å²) in [6.45, 7) is 0.298. The molecular weight excluding hydrogens is 414 g/mol. The van der Waals surface area contributed by atoms with Gasteiger partial charge in [0.15, 0.2) is 0 Å². The van der Waals surface area contributed by atoms with E-state index in [1.165, 1.54) is 11.3 Å². The fraction of sp³-hybridized carbons (Fsp3) is 0.0500. The third kappa shape index (κ3) is 3.07. The van der Waals surface area contributed by atoms with Crippen LogP contribution in [0.4, 0.5) is 0 Å². The van der Waals surface area contributed by atoms with E-state index in [1.807, 2.05) is 47.2 Å². The lowest BCUT2D eigenvalue weighted by Crippen LogP contribution is -2.21. The lowest BCUT2D eigenvalue weighted by molar-refractivity contribution is 0.572. The van der Waals surface area contributed by atoms with E-state index in [0.717, 1.165) is 16.0 Å². The van der Waals surface area contributed by atoms with Crippen molar-refractivity contribution in [2.24, 2.45) is 0 Å². The third-order valence-corrected chi connectivity index (χ3v) is 6.33. The summed E-state index contributed by atoms with van der Waals surface area (Å²) in [7, 11) is 0. The second-order valence-corrected chi connectivity index (χ2v) is 8.38. The zero-order valence-electron chi connectivity index (χ0n) is 14.3. The molecule has 4 heterocycles. The topological polar surface area (TPSA) is 60.9 Å². The molecular formula is C20H12ClN3O2S2. The maximum Gasteiger partial charge on any atom is 0.263 e. The molecule has 0 saturated heterocycles. The smallest absolute Gasteiger partial charge is 0.263 e. The van der Waals surface area contributed by atoms with Crippen molar-refractivity contribution in [3.63, 3.8) is 0 Å². The van der Waals surface area contributed by atoms with Gasteiger partial charge in [-0.1, -0.05) is 29.8 Å². The standard InChI is InChI=1S/C20H12ClN3O2S2/c21-13-5-3-12(4-6-13)15-10-28-19-17(15)20(25)24(11-22-19)8-14-9-26-18(23-14)16-2-1-7-27-16/h1-7,9-11H,8H2. The van der Waals surface area contributed by atoms with Gasteiger partial charge in [-0.15, -0.1) is 22.7 Å². The Labute approximate surface area is 172 Å². The molecule has 0 unspecified atom stereocenters. The normalized spacial score (nSPS) is 11.3. The van der Waals surface area contributed by atoms with Crippen LogP contribution in [-0.2, 0) is 6.54 Å². The Morgan fingerprint density at radius 1 is 1.14 bits per heavy atom. The van der Waals surface area contributed by atoms with Crippen LogP contribution in [0, 0.1) is 0 Å². The van der Waals surface area contributed by atoms with Crippen LogP contribution >= 0.6 is 34.3 Å². The van der Waals surface area contributed by atoms with Crippen molar-refractivity contribution in [2.45, 2.75) is 6.54 Å². The molecule has 28 heavy (non-hydrogen) atoms. The van der Waals surface area contributed by atoms with E-state index >= 15 is 0 Å². The fourth-order valence-electron chi connectivity index (χ4n) is 2.99. The first-order valence-corrected chi connectivity index (χ1v) is 10.5. The van der Waals surface area contributed by atoms with Gasteiger partial charge < -0.3 is 4.42 Å². The predicted octanol–water partition coefficient (Wildman–Crippen LogP) is 5.54. The molecule has 8 heteroatoms. The van der Waals surface area contributed by atoms with Crippen LogP contribution in [0.25, 0.3) is 32.1 Å². The molecule has 0 aliphatic carbocycles. The third-order valence-electron chi connectivity index (χ3n) is 4.33. The number of thiophene rings is 2. The first-order valence-electron chi connectivity index (χ1n) is 8.40. The number of benzene rings is 1. The average Bonchev–Trinajstić information content (AvgIpc) is 3.45. The number of hydrogen-bond donors (Lipinski definition) is 0. The first-order chi connectivity index (χ1) is 13.7. The van der Waals surface area contributed by atoms with Crippen LogP contribution in [0.3, 0.4) is 0 Å². The van der Waals surface area contributed by atoms with Gasteiger partial charge in [-0.2, -0.15) is 0 Å². The summed E-state index contributed by atoms with van der Waals surface area (Å²) in [5.41, 5.74) is 2.38. The molecule has 0 aliphatic heterocycles. The maximum atomic E-state index is 13.1. The monoisotopic (exact) mass is 425 g/mol. The van der Waals surface area contributed by atoms with Crippen molar-refractivity contribution in [3.8, 4) is 21.9 Å². The van der Waals surface area contributed by atoms with Gasteiger partial charge in [-0.3, -0.25) is 9.36 Å². The molecule has 0 bridgehead atoms. The lowest BCUT2D eigenvalue weighted by Gasteiger charge is -2.04. The number of nitrogens with zero attached hydrogens (tertiary/aromatic N) is 3. The van der Waals surface area contributed by atoms with Crippen LogP contribution in [-0.4, -0.2) is 14.5 Å². The summed E-state index contributed by atoms with van der Waals surface area (Å²) in [5, 5.41) is 5.19. The summed E-state index contributed by atoms with van der Waals surface area (Å²) in [5.74, 6) is 0.560. The molecule has 5 rings (SSSR count). The largest absolute Gasteiger partial charge is 0.443 e. The summed E-state index contributed by atoms with van der Waals surface area (Å²) in [4.78, 5) is 23.8. The van der Waals surface area contributed by atoms with Crippen molar-refractivity contribution in [1.29, 1.82) is 0 Å². The van der Waals surface area contributed by atoms with E-state index in [9.17, 15) is 4.79 Å². The Balaban J connectivity index is 1.54. The number of aromatic nitrogens is 3. The van der Waals surface area contributed by atoms with E-state index in [1.54, 1.807) is 28.5 Å². The van der Waals surface area contributed by atoms with E-state index in [0.29, 0.717) is 33.4 Å². The van der Waals surface area contributed by atoms with Crippen LogP contribution in [0.5, 0.6) is 0 Å². The number of halogens is 1. The SMILES string of the molecule is O=c1c2c(-c3ccc(Cl)cc3)csc2ncn1Cc1coc(-c2cccs2)n1. The van der Waals surface area contributed by atoms with Crippen LogP contribution in [0.1, 0.15) is 5.69 Å². The number of hydrogen-bond acceptors (Lipinski definition) is 6. The average molecular weight is 426 g/mol. The van der Waals surface area contributed by atoms with Gasteiger partial charge in [0.25, 0.3) is 5.56 Å². The zero-order chi connectivity index (χ0) is 19.1. The van der Waals surface area contributed by atoms with Gasteiger partial charge in [0.1, 0.15) is 11.1 Å². The Morgan fingerprint density at radius 3 is 2.79 bits per heavy atom. The minimum atomic E-state index is -0.100. The number of oxazole rings is 1. The van der Waals surface area contributed by atoms with Crippen molar-refractivity contribution >= 4 is 44.5 Å². The molecule has 1 aromatic carbocycles. The molecule has 4 aromatic heterocycles. The van der Waals surface area contributed by atoms with Crippen LogP contribution in [0.15, 0.2) is 69.0 Å². The molecule has 5 aromatic rings. The highest BCUT2D eigenvalue weighted by atomic mass is 35.5.